The minimum atomic E-state index is -1.12. The minimum Gasteiger partial charge on any atom is -0.275 e. The molecule has 0 N–H and O–H groups in total. The van der Waals surface area contributed by atoms with Crippen molar-refractivity contribution in [3.8, 4) is 0 Å². The number of benzene rings is 2. The van der Waals surface area contributed by atoms with E-state index in [0.29, 0.717) is 0 Å². The maximum atomic E-state index is 12.6. The maximum Gasteiger partial charge on any atom is 0.258 e. The summed E-state index contributed by atoms with van der Waals surface area (Å²) in [5.74, 6) is -3.76. The maximum absolute atomic E-state index is 12.6. The second kappa shape index (κ2) is 7.91. The molecule has 0 unspecified atom stereocenters. The molecular weight excluding hydrogens is 347 g/mol. The van der Waals surface area contributed by atoms with Gasteiger partial charge in [0.25, 0.3) is 10.5 Å². The lowest BCUT2D eigenvalue weighted by atomic mass is 10.2. The summed E-state index contributed by atoms with van der Waals surface area (Å²) < 4.78 is 50.2. The molecule has 0 saturated heterocycles. The largest absolute Gasteiger partial charge is 0.275 e. The van der Waals surface area contributed by atoms with Crippen LogP contribution in [0.4, 0.5) is 17.6 Å². The first kappa shape index (κ1) is 18.1. The van der Waals surface area contributed by atoms with E-state index in [2.05, 4.69) is 0 Å². The molecule has 0 fully saturated rings. The molecule has 2 aromatic carbocycles. The lowest BCUT2D eigenvalue weighted by Gasteiger charge is -1.96. The Morgan fingerprint density at radius 2 is 0.864 bits per heavy atom. The van der Waals surface area contributed by atoms with Crippen molar-refractivity contribution < 1.29 is 27.2 Å². The monoisotopic (exact) mass is 352 g/mol. The van der Waals surface area contributed by atoms with Gasteiger partial charge in [-0.2, -0.15) is 0 Å². The van der Waals surface area contributed by atoms with E-state index in [-0.39, 0.29) is 0 Å². The third-order valence-corrected chi connectivity index (χ3v) is 2.70. The quantitative estimate of drug-likeness (QED) is 0.580. The van der Waals surface area contributed by atoms with Gasteiger partial charge in [-0.3, -0.25) is 9.59 Å². The molecule has 22 heavy (non-hydrogen) atoms. The SMILES string of the molecule is O=C(Cl)c1c(F)cccc1F.O=C(Cl)c1c(F)cccc1F. The van der Waals surface area contributed by atoms with Crippen LogP contribution in [0.2, 0.25) is 0 Å². The lowest BCUT2D eigenvalue weighted by molar-refractivity contribution is 0.106. The van der Waals surface area contributed by atoms with Gasteiger partial charge in [-0.1, -0.05) is 12.1 Å². The van der Waals surface area contributed by atoms with Crippen molar-refractivity contribution in [3.63, 3.8) is 0 Å². The molecule has 0 saturated carbocycles. The number of carbonyl (C=O) groups excluding carboxylic acids is 2. The second-order valence-electron chi connectivity index (χ2n) is 3.74. The molecule has 2 rings (SSSR count). The molecular formula is C14H6Cl2F4O2. The molecule has 0 spiro atoms. The molecule has 116 valence electrons. The molecule has 0 heterocycles. The van der Waals surface area contributed by atoms with Crippen molar-refractivity contribution in [2.45, 2.75) is 0 Å². The van der Waals surface area contributed by atoms with Gasteiger partial charge >= 0.3 is 0 Å². The van der Waals surface area contributed by atoms with E-state index in [4.69, 9.17) is 23.2 Å². The zero-order chi connectivity index (χ0) is 16.9. The van der Waals surface area contributed by atoms with E-state index in [0.717, 1.165) is 36.4 Å². The van der Waals surface area contributed by atoms with E-state index in [1.807, 2.05) is 0 Å². The van der Waals surface area contributed by atoms with Crippen molar-refractivity contribution in [1.82, 2.24) is 0 Å². The molecule has 0 aliphatic rings. The Kier molecular flexibility index (Phi) is 6.52. The van der Waals surface area contributed by atoms with Crippen molar-refractivity contribution in [1.29, 1.82) is 0 Å². The highest BCUT2D eigenvalue weighted by Crippen LogP contribution is 2.14. The molecule has 0 amide bonds. The Bertz CT molecular complexity index is 618. The Morgan fingerprint density at radius 3 is 1.00 bits per heavy atom. The summed E-state index contributed by atoms with van der Waals surface area (Å²) in [5, 5.41) is -2.25. The fraction of sp³-hybridized carbons (Fsp3) is 0. The van der Waals surface area contributed by atoms with Crippen LogP contribution in [0.25, 0.3) is 0 Å². The van der Waals surface area contributed by atoms with Gasteiger partial charge in [0.15, 0.2) is 0 Å². The number of halogens is 6. The van der Waals surface area contributed by atoms with E-state index in [1.165, 1.54) is 0 Å². The van der Waals surface area contributed by atoms with Gasteiger partial charge in [0.05, 0.1) is 0 Å². The van der Waals surface area contributed by atoms with Crippen LogP contribution < -0.4 is 0 Å². The summed E-state index contributed by atoms with van der Waals surface area (Å²) in [7, 11) is 0. The van der Waals surface area contributed by atoms with Crippen LogP contribution in [0.5, 0.6) is 0 Å². The van der Waals surface area contributed by atoms with Crippen molar-refractivity contribution >= 4 is 33.7 Å². The highest BCUT2D eigenvalue weighted by atomic mass is 35.5. The topological polar surface area (TPSA) is 34.1 Å². The van der Waals surface area contributed by atoms with Gasteiger partial charge in [-0.25, -0.2) is 17.6 Å². The highest BCUT2D eigenvalue weighted by Gasteiger charge is 2.14. The molecule has 0 bridgehead atoms. The van der Waals surface area contributed by atoms with Crippen LogP contribution in [-0.4, -0.2) is 10.5 Å². The van der Waals surface area contributed by atoms with E-state index < -0.39 is 44.9 Å². The number of hydrogen-bond donors (Lipinski definition) is 0. The van der Waals surface area contributed by atoms with Gasteiger partial charge in [0, 0.05) is 0 Å². The Hall–Kier alpha value is -1.92. The predicted molar refractivity (Wildman–Crippen MR) is 73.1 cm³/mol. The van der Waals surface area contributed by atoms with E-state index >= 15 is 0 Å². The van der Waals surface area contributed by atoms with Crippen LogP contribution in [0.1, 0.15) is 20.7 Å². The molecule has 0 aromatic heterocycles. The third-order valence-electron chi connectivity index (χ3n) is 2.32. The van der Waals surface area contributed by atoms with Gasteiger partial charge in [-0.15, -0.1) is 0 Å². The normalized spacial score (nSPS) is 9.73. The Balaban J connectivity index is 0.000000220. The summed E-state index contributed by atoms with van der Waals surface area (Å²) >= 11 is 9.79. The number of rotatable bonds is 2. The Labute approximate surface area is 132 Å². The van der Waals surface area contributed by atoms with Gasteiger partial charge in [0.2, 0.25) is 0 Å². The van der Waals surface area contributed by atoms with E-state index in [9.17, 15) is 27.2 Å². The van der Waals surface area contributed by atoms with Gasteiger partial charge in [-0.05, 0) is 47.5 Å². The zero-order valence-electron chi connectivity index (χ0n) is 10.5. The fourth-order valence-electron chi connectivity index (χ4n) is 1.37. The summed E-state index contributed by atoms with van der Waals surface area (Å²) in [4.78, 5) is 20.7. The van der Waals surface area contributed by atoms with Crippen LogP contribution in [0.15, 0.2) is 36.4 Å². The van der Waals surface area contributed by atoms with Gasteiger partial charge < -0.3 is 0 Å². The van der Waals surface area contributed by atoms with Crippen molar-refractivity contribution in [2.24, 2.45) is 0 Å². The number of hydrogen-bond acceptors (Lipinski definition) is 2. The summed E-state index contributed by atoms with van der Waals surface area (Å²) in [6.07, 6.45) is 0. The first-order valence-corrected chi connectivity index (χ1v) is 6.29. The first-order valence-electron chi connectivity index (χ1n) is 5.53. The Morgan fingerprint density at radius 1 is 0.636 bits per heavy atom. The van der Waals surface area contributed by atoms with Crippen LogP contribution in [0, 0.1) is 23.3 Å². The molecule has 2 nitrogen and oxygen atoms in total. The summed E-state index contributed by atoms with van der Waals surface area (Å²) in [6, 6.07) is 6.21. The highest BCUT2D eigenvalue weighted by molar-refractivity contribution is 6.68. The van der Waals surface area contributed by atoms with Crippen LogP contribution in [-0.2, 0) is 0 Å². The van der Waals surface area contributed by atoms with Crippen LogP contribution >= 0.6 is 23.2 Å². The zero-order valence-corrected chi connectivity index (χ0v) is 12.1. The summed E-state index contributed by atoms with van der Waals surface area (Å²) in [5.41, 5.74) is -1.40. The first-order chi connectivity index (χ1) is 10.3. The smallest absolute Gasteiger partial charge is 0.258 e. The average Bonchev–Trinajstić information content (AvgIpc) is 2.38. The fourth-order valence-corrected chi connectivity index (χ4v) is 1.73. The van der Waals surface area contributed by atoms with Crippen LogP contribution in [0.3, 0.4) is 0 Å². The summed E-state index contributed by atoms with van der Waals surface area (Å²) in [6.45, 7) is 0. The third kappa shape index (κ3) is 4.54. The van der Waals surface area contributed by atoms with Crippen molar-refractivity contribution in [2.75, 3.05) is 0 Å². The lowest BCUT2D eigenvalue weighted by Crippen LogP contribution is -1.98. The minimum absolute atomic E-state index is 0.700. The molecule has 2 aromatic rings. The average molecular weight is 353 g/mol. The molecule has 8 heteroatoms. The van der Waals surface area contributed by atoms with Gasteiger partial charge in [0.1, 0.15) is 34.4 Å². The molecule has 0 aliphatic heterocycles. The molecule has 0 radical (unpaired) electrons. The molecule has 0 aliphatic carbocycles. The standard InChI is InChI=1S/2C7H3ClF2O/c2*8-7(11)6-4(9)2-1-3-5(6)10/h2*1-3H. The molecule has 0 atom stereocenters. The predicted octanol–water partition coefficient (Wildman–Crippen LogP) is 4.69. The number of carbonyl (C=O) groups is 2. The van der Waals surface area contributed by atoms with E-state index in [1.54, 1.807) is 0 Å². The van der Waals surface area contributed by atoms with Crippen molar-refractivity contribution in [3.05, 3.63) is 70.8 Å². The second-order valence-corrected chi connectivity index (χ2v) is 4.43.